The van der Waals surface area contributed by atoms with E-state index in [-0.39, 0.29) is 37.0 Å². The maximum atomic E-state index is 12.8. The second-order valence-corrected chi connectivity index (χ2v) is 12.6. The predicted octanol–water partition coefficient (Wildman–Crippen LogP) is 2.92. The summed E-state index contributed by atoms with van der Waals surface area (Å²) in [4.78, 5) is 42.8. The van der Waals surface area contributed by atoms with Crippen LogP contribution in [0.4, 0.5) is 5.95 Å². The number of anilines is 1. The zero-order chi connectivity index (χ0) is 29.9. The summed E-state index contributed by atoms with van der Waals surface area (Å²) in [6.07, 6.45) is 4.86. The van der Waals surface area contributed by atoms with Crippen LogP contribution in [0, 0.1) is 0 Å². The van der Waals surface area contributed by atoms with Crippen molar-refractivity contribution in [3.05, 3.63) is 94.5 Å². The van der Waals surface area contributed by atoms with E-state index in [9.17, 15) is 23.7 Å². The Hall–Kier alpha value is -3.65. The van der Waals surface area contributed by atoms with Crippen molar-refractivity contribution in [2.24, 2.45) is 0 Å². The number of imidazole rings is 2. The molecule has 5 N–H and O–H groups in total. The van der Waals surface area contributed by atoms with E-state index in [1.165, 1.54) is 10.8 Å². The van der Waals surface area contributed by atoms with E-state index in [1.807, 2.05) is 48.5 Å². The summed E-state index contributed by atoms with van der Waals surface area (Å²) in [6, 6.07) is 15.3. The lowest BCUT2D eigenvalue weighted by molar-refractivity contribution is -0.664. The highest BCUT2D eigenvalue weighted by atomic mass is 35.5. The highest BCUT2D eigenvalue weighted by Crippen LogP contribution is 2.60. The van der Waals surface area contributed by atoms with Crippen LogP contribution >= 0.6 is 27.2 Å². The minimum Gasteiger partial charge on any atom is -0.369 e. The molecule has 0 fully saturated rings. The number of H-pyrrole nitrogens is 1. The predicted molar refractivity (Wildman–Crippen MR) is 151 cm³/mol. The van der Waals surface area contributed by atoms with Gasteiger partial charge in [0.25, 0.3) is 11.2 Å². The van der Waals surface area contributed by atoms with Crippen molar-refractivity contribution >= 4 is 44.3 Å². The van der Waals surface area contributed by atoms with E-state index >= 15 is 0 Å². The Labute approximate surface area is 242 Å². The zero-order valence-corrected chi connectivity index (χ0v) is 24.2. The number of nitrogens with zero attached hydrogens (tertiary/aromatic N) is 5. The minimum absolute atomic E-state index is 0.0951. The van der Waals surface area contributed by atoms with E-state index < -0.39 is 27.7 Å². The van der Waals surface area contributed by atoms with Crippen LogP contribution in [0.25, 0.3) is 22.3 Å². The second-order valence-electron chi connectivity index (χ2n) is 8.87. The van der Waals surface area contributed by atoms with Gasteiger partial charge in [0.05, 0.1) is 13.2 Å². The summed E-state index contributed by atoms with van der Waals surface area (Å²) in [7, 11) is -9.62. The molecule has 0 saturated carbocycles. The zero-order valence-electron chi connectivity index (χ0n) is 21.7. The van der Waals surface area contributed by atoms with E-state index in [2.05, 4.69) is 19.3 Å². The van der Waals surface area contributed by atoms with Crippen molar-refractivity contribution in [1.82, 2.24) is 23.9 Å². The number of nitrogen functional groups attached to an aromatic ring is 1. The molecule has 5 rings (SSSR count). The summed E-state index contributed by atoms with van der Waals surface area (Å²) in [5.74, 6) is -0.0951. The van der Waals surface area contributed by atoms with Gasteiger partial charge >= 0.3 is 21.1 Å². The van der Waals surface area contributed by atoms with Gasteiger partial charge < -0.3 is 20.3 Å². The van der Waals surface area contributed by atoms with Gasteiger partial charge in [-0.25, -0.2) is 23.0 Å². The Kier molecular flexibility index (Phi) is 8.73. The summed E-state index contributed by atoms with van der Waals surface area (Å²) in [5.41, 5.74) is 8.45. The number of rotatable bonds is 12. The SMILES string of the molecule is Nc1nc2c(c(=O)[nH]1)[n+](Cc1ccc(-c3ccccc3)c(Cl)c1)cn2COCCOP(=O)(O)OP(=O)(O)n1ccnc1. The maximum absolute atomic E-state index is 12.8. The van der Waals surface area contributed by atoms with Crippen LogP contribution < -0.4 is 15.9 Å². The first kappa shape index (κ1) is 29.8. The summed E-state index contributed by atoms with van der Waals surface area (Å²) < 4.78 is 42.8. The number of ether oxygens (including phenoxy) is 1. The fraction of sp³-hybridized carbons (Fsp3) is 0.167. The van der Waals surface area contributed by atoms with Gasteiger partial charge in [0.1, 0.15) is 12.9 Å². The minimum atomic E-state index is -4.92. The molecule has 0 spiro atoms. The van der Waals surface area contributed by atoms with Crippen LogP contribution in [0.15, 0.2) is 78.4 Å². The number of nitrogens with two attached hydrogens (primary N) is 1. The number of hydrogen-bond donors (Lipinski definition) is 4. The second kappa shape index (κ2) is 12.3. The highest BCUT2D eigenvalue weighted by Gasteiger charge is 2.35. The van der Waals surface area contributed by atoms with E-state index in [4.69, 9.17) is 26.6 Å². The number of phosphoric acid groups is 1. The standard InChI is InChI=1S/C24H24ClN7O8P2/c25-20-12-17(6-7-19(20)18-4-2-1-3-5-18)13-30-15-31(22-21(30)23(33)29-24(26)28-22)16-38-10-11-39-42(36,37)40-41(34,35)32-9-8-27-14-32/h1-9,12,14-15H,10-11,13,16H2,(H4-,26,28,29,33,34,35,36,37)/p+1. The fourth-order valence-electron chi connectivity index (χ4n) is 4.11. The molecule has 2 aromatic carbocycles. The molecule has 0 saturated heterocycles. The summed E-state index contributed by atoms with van der Waals surface area (Å²) in [6.45, 7) is -0.539. The average Bonchev–Trinajstić information content (AvgIpc) is 3.58. The van der Waals surface area contributed by atoms with Gasteiger partial charge in [-0.15, -0.1) is 0 Å². The third-order valence-electron chi connectivity index (χ3n) is 5.91. The molecular formula is C24H25ClN7O8P2+. The molecule has 18 heteroatoms. The Morgan fingerprint density at radius 3 is 2.62 bits per heavy atom. The summed E-state index contributed by atoms with van der Waals surface area (Å²) >= 11 is 6.57. The normalized spacial score (nSPS) is 14.5. The first-order valence-corrected chi connectivity index (χ1v) is 15.6. The number of phosphoric ester groups is 1. The van der Waals surface area contributed by atoms with Gasteiger partial charge in [0, 0.05) is 23.0 Å². The van der Waals surface area contributed by atoms with Gasteiger partial charge in [0.2, 0.25) is 12.3 Å². The molecule has 0 aliphatic carbocycles. The molecule has 5 aromatic rings. The Morgan fingerprint density at radius 1 is 1.12 bits per heavy atom. The van der Waals surface area contributed by atoms with E-state index in [1.54, 1.807) is 10.9 Å². The van der Waals surface area contributed by atoms with Crippen molar-refractivity contribution < 1.29 is 37.1 Å². The van der Waals surface area contributed by atoms with E-state index in [0.717, 1.165) is 29.2 Å². The monoisotopic (exact) mass is 636 g/mol. The lowest BCUT2D eigenvalue weighted by atomic mass is 10.0. The molecule has 42 heavy (non-hydrogen) atoms. The molecule has 15 nitrogen and oxygen atoms in total. The molecule has 2 unspecified atom stereocenters. The van der Waals surface area contributed by atoms with Crippen molar-refractivity contribution in [2.75, 3.05) is 18.9 Å². The molecule has 220 valence electrons. The molecule has 2 atom stereocenters. The maximum Gasteiger partial charge on any atom is 0.480 e. The van der Waals surface area contributed by atoms with Crippen LogP contribution in [0.1, 0.15) is 5.56 Å². The topological polar surface area (TPSA) is 201 Å². The quantitative estimate of drug-likeness (QED) is 0.0891. The third kappa shape index (κ3) is 6.86. The van der Waals surface area contributed by atoms with Crippen LogP contribution in [0.3, 0.4) is 0 Å². The number of fused-ring (bicyclic) bond motifs is 1. The van der Waals surface area contributed by atoms with Crippen LogP contribution in [0.2, 0.25) is 5.02 Å². The molecule has 0 bridgehead atoms. The van der Waals surface area contributed by atoms with E-state index in [0.29, 0.717) is 9.36 Å². The van der Waals surface area contributed by atoms with Gasteiger partial charge in [0.15, 0.2) is 6.73 Å². The van der Waals surface area contributed by atoms with Crippen LogP contribution in [-0.2, 0) is 36.0 Å². The molecule has 3 aromatic heterocycles. The number of hydrogen-bond acceptors (Lipinski definition) is 9. The lowest BCUT2D eigenvalue weighted by Crippen LogP contribution is -2.37. The smallest absolute Gasteiger partial charge is 0.369 e. The first-order chi connectivity index (χ1) is 20.0. The molecule has 0 amide bonds. The number of aromatic amines is 1. The molecule has 0 aliphatic rings. The first-order valence-electron chi connectivity index (χ1n) is 12.2. The Morgan fingerprint density at radius 2 is 1.90 bits per heavy atom. The number of nitrogens with one attached hydrogen (secondary N) is 1. The van der Waals surface area contributed by atoms with Crippen molar-refractivity contribution in [2.45, 2.75) is 13.3 Å². The van der Waals surface area contributed by atoms with Gasteiger partial charge in [-0.05, 0) is 17.2 Å². The average molecular weight is 637 g/mol. The van der Waals surface area contributed by atoms with Gasteiger partial charge in [-0.2, -0.15) is 13.9 Å². The number of benzene rings is 2. The molecule has 3 heterocycles. The molecular weight excluding hydrogens is 612 g/mol. The molecule has 0 aliphatic heterocycles. The van der Waals surface area contributed by atoms with Crippen LogP contribution in [0.5, 0.6) is 0 Å². The Bertz CT molecular complexity index is 1860. The number of halogens is 1. The van der Waals surface area contributed by atoms with Gasteiger partial charge in [-0.1, -0.05) is 54.1 Å². The van der Waals surface area contributed by atoms with Crippen molar-refractivity contribution in [1.29, 1.82) is 0 Å². The highest BCUT2D eigenvalue weighted by molar-refractivity contribution is 7.63. The largest absolute Gasteiger partial charge is 0.480 e. The fourth-order valence-corrected chi connectivity index (χ4v) is 6.74. The van der Waals surface area contributed by atoms with Crippen LogP contribution in [-0.4, -0.2) is 46.9 Å². The molecule has 0 radical (unpaired) electrons. The van der Waals surface area contributed by atoms with Crippen molar-refractivity contribution in [3.63, 3.8) is 0 Å². The lowest BCUT2D eigenvalue weighted by Gasteiger charge is -2.16. The number of aromatic nitrogens is 6. The van der Waals surface area contributed by atoms with Gasteiger partial charge in [-0.3, -0.25) is 14.3 Å². The summed E-state index contributed by atoms with van der Waals surface area (Å²) in [5, 5.41) is 0.551. The Balaban J connectivity index is 1.26. The third-order valence-corrected chi connectivity index (χ3v) is 9.23. The van der Waals surface area contributed by atoms with Crippen molar-refractivity contribution in [3.8, 4) is 11.1 Å².